The summed E-state index contributed by atoms with van der Waals surface area (Å²) in [5.74, 6) is -0.482. The summed E-state index contributed by atoms with van der Waals surface area (Å²) in [5, 5.41) is 29.2. The Morgan fingerprint density at radius 2 is 2.06 bits per heavy atom. The van der Waals surface area contributed by atoms with Gasteiger partial charge in [0.25, 0.3) is 6.20 Å². The number of pyridine rings is 2. The second-order valence-corrected chi connectivity index (χ2v) is 8.94. The SMILES string of the molecule is Cc1cccc(-c2c(C#N)c(N)nc3sc(/C([O-])=N/c4c[n+](N5CCCCC5)no4)c(N)c23)n1. The largest absolute Gasteiger partial charge is 0.857 e. The minimum atomic E-state index is -0.595. The third-order valence-corrected chi connectivity index (χ3v) is 6.72. The average molecular weight is 476 g/mol. The van der Waals surface area contributed by atoms with Crippen LogP contribution in [0.3, 0.4) is 0 Å². The number of aliphatic imine (C=N–C) groups is 1. The van der Waals surface area contributed by atoms with Gasteiger partial charge in [0.1, 0.15) is 22.3 Å². The molecule has 5 heterocycles. The zero-order valence-corrected chi connectivity index (χ0v) is 19.2. The summed E-state index contributed by atoms with van der Waals surface area (Å²) in [7, 11) is 0. The lowest BCUT2D eigenvalue weighted by Gasteiger charge is -2.17. The van der Waals surface area contributed by atoms with E-state index in [2.05, 4.69) is 26.3 Å². The molecule has 11 nitrogen and oxygen atoms in total. The van der Waals surface area contributed by atoms with E-state index in [-0.39, 0.29) is 27.8 Å². The molecule has 1 aliphatic rings. The standard InChI is InChI=1S/C22H21N9O2S/c1-12-6-5-7-14(26-12)16-13(10-23)20(25)28-22-17(16)18(24)19(34-22)21(32)27-15-11-31(29-33-15)30-8-3-2-4-9-30/h5-7,11H,2-4,8-9H2,1H3,(H4-,24,25,27,28,29,32). The number of anilines is 2. The van der Waals surface area contributed by atoms with E-state index in [9.17, 15) is 10.4 Å². The third-order valence-electron chi connectivity index (χ3n) is 5.63. The Labute approximate surface area is 198 Å². The fourth-order valence-corrected chi connectivity index (χ4v) is 5.02. The van der Waals surface area contributed by atoms with Crippen molar-refractivity contribution in [2.45, 2.75) is 26.2 Å². The second kappa shape index (κ2) is 8.60. The molecule has 12 heteroatoms. The number of fused-ring (bicyclic) bond motifs is 1. The number of rotatable bonds is 4. The van der Waals surface area contributed by atoms with E-state index in [0.717, 1.165) is 43.0 Å². The number of piperidine rings is 1. The van der Waals surface area contributed by atoms with Crippen LogP contribution in [0.2, 0.25) is 0 Å². The molecule has 4 N–H and O–H groups in total. The van der Waals surface area contributed by atoms with Gasteiger partial charge >= 0.3 is 5.88 Å². The number of hydrogen-bond acceptors (Lipinski definition) is 11. The highest BCUT2D eigenvalue weighted by Gasteiger charge is 2.24. The van der Waals surface area contributed by atoms with Crippen molar-refractivity contribution in [3.63, 3.8) is 0 Å². The first-order valence-corrected chi connectivity index (χ1v) is 11.5. The van der Waals surface area contributed by atoms with Crippen LogP contribution in [0, 0.1) is 18.3 Å². The molecule has 0 spiro atoms. The van der Waals surface area contributed by atoms with E-state index in [1.54, 1.807) is 17.1 Å². The molecule has 5 rings (SSSR count). The maximum Gasteiger partial charge on any atom is 0.324 e. The lowest BCUT2D eigenvalue weighted by Crippen LogP contribution is -2.60. The van der Waals surface area contributed by atoms with Crippen molar-refractivity contribution in [2.75, 3.05) is 29.6 Å². The van der Waals surface area contributed by atoms with Gasteiger partial charge in [-0.1, -0.05) is 6.07 Å². The molecule has 1 fully saturated rings. The van der Waals surface area contributed by atoms with E-state index in [1.807, 2.05) is 24.1 Å². The topological polar surface area (TPSA) is 170 Å². The van der Waals surface area contributed by atoms with Crippen molar-refractivity contribution >= 4 is 44.8 Å². The Bertz CT molecular complexity index is 1460. The zero-order valence-electron chi connectivity index (χ0n) is 18.4. The van der Waals surface area contributed by atoms with E-state index < -0.39 is 5.90 Å². The smallest absolute Gasteiger partial charge is 0.324 e. The van der Waals surface area contributed by atoms with Crippen molar-refractivity contribution in [1.29, 1.82) is 5.26 Å². The molecule has 4 aromatic rings. The molecule has 0 unspecified atom stereocenters. The van der Waals surface area contributed by atoms with Gasteiger partial charge in [0.15, 0.2) is 0 Å². The van der Waals surface area contributed by atoms with Gasteiger partial charge in [-0.05, 0) is 38.3 Å². The Morgan fingerprint density at radius 3 is 2.79 bits per heavy atom. The van der Waals surface area contributed by atoms with Crippen LogP contribution in [0.1, 0.15) is 35.4 Å². The number of nitrogens with two attached hydrogens (primary N) is 2. The van der Waals surface area contributed by atoms with Crippen molar-refractivity contribution in [1.82, 2.24) is 15.2 Å². The first-order valence-electron chi connectivity index (χ1n) is 10.7. The van der Waals surface area contributed by atoms with Crippen LogP contribution in [-0.2, 0) is 0 Å². The van der Waals surface area contributed by atoms with Gasteiger partial charge in [-0.25, -0.2) is 9.98 Å². The third kappa shape index (κ3) is 3.75. The van der Waals surface area contributed by atoms with Gasteiger partial charge in [0, 0.05) is 22.5 Å². The van der Waals surface area contributed by atoms with E-state index in [0.29, 0.717) is 21.5 Å². The fourth-order valence-electron chi connectivity index (χ4n) is 4.03. The summed E-state index contributed by atoms with van der Waals surface area (Å²) in [6.45, 7) is 3.56. The Hall–Kier alpha value is -4.24. The number of nitrogens with zero attached hydrogens (tertiary/aromatic N) is 7. The predicted molar refractivity (Wildman–Crippen MR) is 126 cm³/mol. The number of aromatic nitrogens is 4. The van der Waals surface area contributed by atoms with Crippen LogP contribution in [0.4, 0.5) is 17.4 Å². The molecule has 0 saturated carbocycles. The van der Waals surface area contributed by atoms with Gasteiger partial charge in [-0.3, -0.25) is 9.51 Å². The molecule has 1 saturated heterocycles. The Morgan fingerprint density at radius 1 is 1.26 bits per heavy atom. The molecule has 0 radical (unpaired) electrons. The minimum Gasteiger partial charge on any atom is -0.857 e. The summed E-state index contributed by atoms with van der Waals surface area (Å²) in [4.78, 5) is 15.1. The minimum absolute atomic E-state index is 0.0447. The normalized spacial score (nSPS) is 14.5. The van der Waals surface area contributed by atoms with Crippen molar-refractivity contribution in [3.8, 4) is 17.3 Å². The molecule has 1 aliphatic heterocycles. The number of aryl methyl sites for hydroxylation is 1. The van der Waals surface area contributed by atoms with Crippen LogP contribution in [0.25, 0.3) is 21.5 Å². The molecule has 0 atom stereocenters. The molecule has 4 aromatic heterocycles. The molecule has 34 heavy (non-hydrogen) atoms. The first kappa shape index (κ1) is 21.6. The lowest BCUT2D eigenvalue weighted by atomic mass is 10.0. The van der Waals surface area contributed by atoms with E-state index in [1.165, 1.54) is 6.42 Å². The van der Waals surface area contributed by atoms with E-state index >= 15 is 0 Å². The predicted octanol–water partition coefficient (Wildman–Crippen LogP) is 1.54. The quantitative estimate of drug-likeness (QED) is 0.252. The zero-order chi connectivity index (χ0) is 23.8. The van der Waals surface area contributed by atoms with Gasteiger partial charge in [0.2, 0.25) is 5.27 Å². The lowest BCUT2D eigenvalue weighted by molar-refractivity contribution is -0.759. The highest BCUT2D eigenvalue weighted by Crippen LogP contribution is 2.42. The van der Waals surface area contributed by atoms with Gasteiger partial charge in [-0.2, -0.15) is 10.3 Å². The monoisotopic (exact) mass is 475 g/mol. The fraction of sp³-hybridized carbons (Fsp3) is 0.273. The summed E-state index contributed by atoms with van der Waals surface area (Å²) >= 11 is 1.06. The van der Waals surface area contributed by atoms with Crippen LogP contribution in [0.15, 0.2) is 33.9 Å². The van der Waals surface area contributed by atoms with Gasteiger partial charge in [0.05, 0.1) is 34.1 Å². The summed E-state index contributed by atoms with van der Waals surface area (Å²) in [6.07, 6.45) is 4.89. The van der Waals surface area contributed by atoms with Crippen molar-refractivity contribution < 1.29 is 14.4 Å². The Kier molecular flexibility index (Phi) is 5.46. The van der Waals surface area contributed by atoms with Crippen molar-refractivity contribution in [3.05, 3.63) is 40.5 Å². The maximum atomic E-state index is 13.0. The van der Waals surface area contributed by atoms with Crippen molar-refractivity contribution in [2.24, 2.45) is 4.99 Å². The highest BCUT2D eigenvalue weighted by molar-refractivity contribution is 7.21. The van der Waals surface area contributed by atoms with Gasteiger partial charge < -0.3 is 16.6 Å². The summed E-state index contributed by atoms with van der Waals surface area (Å²) in [6, 6.07) is 7.53. The maximum absolute atomic E-state index is 13.0. The molecule has 0 amide bonds. The Balaban J connectivity index is 1.60. The number of nitriles is 1. The average Bonchev–Trinajstić information content (AvgIpc) is 3.43. The summed E-state index contributed by atoms with van der Waals surface area (Å²) in [5.41, 5.74) is 14.5. The highest BCUT2D eigenvalue weighted by atomic mass is 32.1. The van der Waals surface area contributed by atoms with E-state index in [4.69, 9.17) is 16.0 Å². The molecule has 0 bridgehead atoms. The number of hydrogen-bond donors (Lipinski definition) is 2. The molecule has 0 aromatic carbocycles. The summed E-state index contributed by atoms with van der Waals surface area (Å²) < 4.78 is 5.24. The van der Waals surface area contributed by atoms with Crippen LogP contribution in [0.5, 0.6) is 0 Å². The number of nitrogen functional groups attached to an aromatic ring is 2. The molecule has 0 aliphatic carbocycles. The van der Waals surface area contributed by atoms with Crippen LogP contribution >= 0.6 is 11.3 Å². The second-order valence-electron chi connectivity index (χ2n) is 7.94. The molecular formula is C22H21N9O2S. The molecular weight excluding hydrogens is 454 g/mol. The van der Waals surface area contributed by atoms with Crippen LogP contribution in [-0.4, -0.2) is 34.2 Å². The van der Waals surface area contributed by atoms with Crippen LogP contribution < -0.4 is 26.4 Å². The number of thiophene rings is 1. The van der Waals surface area contributed by atoms with Gasteiger partial charge in [-0.15, -0.1) is 11.3 Å². The molecule has 172 valence electrons. The first-order chi connectivity index (χ1) is 16.5.